The van der Waals surface area contributed by atoms with Gasteiger partial charge in [0.25, 0.3) is 0 Å². The largest absolute Gasteiger partial charge is 0.444 e. The van der Waals surface area contributed by atoms with E-state index >= 15 is 0 Å². The van der Waals surface area contributed by atoms with Gasteiger partial charge in [0.2, 0.25) is 0 Å². The molecule has 3 aromatic rings. The highest BCUT2D eigenvalue weighted by atomic mass is 16.6. The zero-order chi connectivity index (χ0) is 25.2. The van der Waals surface area contributed by atoms with Crippen molar-refractivity contribution < 1.29 is 9.53 Å². The molecule has 6 heteroatoms. The van der Waals surface area contributed by atoms with Gasteiger partial charge in [0, 0.05) is 25.0 Å². The zero-order valence-electron chi connectivity index (χ0n) is 22.0. The van der Waals surface area contributed by atoms with Gasteiger partial charge in [0.15, 0.2) is 0 Å². The number of rotatable bonds is 6. The van der Waals surface area contributed by atoms with Crippen LogP contribution in [-0.4, -0.2) is 65.0 Å². The number of aromatic nitrogens is 2. The standard InChI is InChI=1S/C29H38N4O2/c1-21-10-7-8-11-24(21)23-12-13-25-26(20-23)30-33(17-9-16-31(5)6)27(25)22-14-18-32(19-15-22)28(34)35-29(2,3)4/h7-8,10-14,20H,9,15-19H2,1-6H3. The molecule has 0 saturated carbocycles. The van der Waals surface area contributed by atoms with Crippen molar-refractivity contribution in [2.45, 2.75) is 52.7 Å². The number of nitrogens with zero attached hydrogens (tertiary/aromatic N) is 4. The van der Waals surface area contributed by atoms with Gasteiger partial charge in [-0.05, 0) is 95.6 Å². The van der Waals surface area contributed by atoms with E-state index < -0.39 is 5.60 Å². The third-order valence-electron chi connectivity index (χ3n) is 6.34. The van der Waals surface area contributed by atoms with Crippen molar-refractivity contribution in [1.29, 1.82) is 0 Å². The predicted molar refractivity (Wildman–Crippen MR) is 143 cm³/mol. The lowest BCUT2D eigenvalue weighted by Crippen LogP contribution is -2.39. The van der Waals surface area contributed by atoms with Crippen LogP contribution in [0.1, 0.15) is 44.9 Å². The van der Waals surface area contributed by atoms with Crippen LogP contribution in [0.2, 0.25) is 0 Å². The second-order valence-corrected chi connectivity index (χ2v) is 10.7. The molecule has 0 unspecified atom stereocenters. The van der Waals surface area contributed by atoms with Crippen molar-refractivity contribution in [3.63, 3.8) is 0 Å². The van der Waals surface area contributed by atoms with E-state index in [1.165, 1.54) is 33.3 Å². The van der Waals surface area contributed by atoms with Gasteiger partial charge in [-0.1, -0.05) is 36.4 Å². The molecule has 6 nitrogen and oxygen atoms in total. The van der Waals surface area contributed by atoms with E-state index in [9.17, 15) is 4.79 Å². The molecule has 1 aromatic heterocycles. The Morgan fingerprint density at radius 3 is 2.57 bits per heavy atom. The molecule has 2 aromatic carbocycles. The van der Waals surface area contributed by atoms with E-state index in [1.807, 2.05) is 20.8 Å². The highest BCUT2D eigenvalue weighted by molar-refractivity contribution is 5.94. The van der Waals surface area contributed by atoms with Gasteiger partial charge in [-0.2, -0.15) is 5.10 Å². The number of hydrogen-bond donors (Lipinski definition) is 0. The Morgan fingerprint density at radius 1 is 1.14 bits per heavy atom. The first kappa shape index (κ1) is 25.0. The number of hydrogen-bond acceptors (Lipinski definition) is 4. The molecular formula is C29H38N4O2. The number of carbonyl (C=O) groups is 1. The van der Waals surface area contributed by atoms with Crippen LogP contribution < -0.4 is 0 Å². The van der Waals surface area contributed by atoms with Crippen LogP contribution in [-0.2, 0) is 11.3 Å². The number of fused-ring (bicyclic) bond motifs is 1. The van der Waals surface area contributed by atoms with Crippen LogP contribution in [0, 0.1) is 6.92 Å². The molecular weight excluding hydrogens is 436 g/mol. The lowest BCUT2D eigenvalue weighted by Gasteiger charge is -2.29. The van der Waals surface area contributed by atoms with Crippen molar-refractivity contribution in [3.8, 4) is 11.1 Å². The molecule has 0 fully saturated rings. The van der Waals surface area contributed by atoms with Crippen molar-refractivity contribution in [2.75, 3.05) is 33.7 Å². The Bertz CT molecular complexity index is 1230. The van der Waals surface area contributed by atoms with E-state index in [1.54, 1.807) is 4.90 Å². The Kier molecular flexibility index (Phi) is 7.31. The molecule has 0 bridgehead atoms. The first-order chi connectivity index (χ1) is 16.6. The van der Waals surface area contributed by atoms with Crippen LogP contribution >= 0.6 is 0 Å². The fraction of sp³-hybridized carbons (Fsp3) is 0.448. The molecule has 35 heavy (non-hydrogen) atoms. The van der Waals surface area contributed by atoms with E-state index in [4.69, 9.17) is 9.84 Å². The second kappa shape index (κ2) is 10.2. The van der Waals surface area contributed by atoms with Gasteiger partial charge in [-0.25, -0.2) is 4.79 Å². The number of amides is 1. The Hall–Kier alpha value is -3.12. The molecule has 0 saturated heterocycles. The highest BCUT2D eigenvalue weighted by Gasteiger charge is 2.26. The molecule has 1 amide bonds. The summed E-state index contributed by atoms with van der Waals surface area (Å²) in [5, 5.41) is 6.23. The molecule has 1 aliphatic heterocycles. The van der Waals surface area contributed by atoms with Gasteiger partial charge in [0.05, 0.1) is 11.2 Å². The van der Waals surface area contributed by atoms with Crippen LogP contribution in [0.5, 0.6) is 0 Å². The summed E-state index contributed by atoms with van der Waals surface area (Å²) < 4.78 is 7.74. The third-order valence-corrected chi connectivity index (χ3v) is 6.34. The quantitative estimate of drug-likeness (QED) is 0.440. The predicted octanol–water partition coefficient (Wildman–Crippen LogP) is 5.99. The minimum Gasteiger partial charge on any atom is -0.444 e. The van der Waals surface area contributed by atoms with Gasteiger partial charge < -0.3 is 14.5 Å². The maximum atomic E-state index is 12.5. The summed E-state index contributed by atoms with van der Waals surface area (Å²) >= 11 is 0. The molecule has 0 radical (unpaired) electrons. The van der Waals surface area contributed by atoms with E-state index in [-0.39, 0.29) is 6.09 Å². The Balaban J connectivity index is 1.67. The molecule has 1 aliphatic rings. The summed E-state index contributed by atoms with van der Waals surface area (Å²) in [6, 6.07) is 15.1. The molecule has 4 rings (SSSR count). The summed E-state index contributed by atoms with van der Waals surface area (Å²) in [4.78, 5) is 16.5. The minimum absolute atomic E-state index is 0.250. The normalized spacial score (nSPS) is 14.5. The number of carbonyl (C=O) groups excluding carboxylic acids is 1. The average molecular weight is 475 g/mol. The molecule has 0 atom stereocenters. The fourth-order valence-electron chi connectivity index (χ4n) is 4.61. The van der Waals surface area contributed by atoms with Crippen molar-refractivity contribution in [3.05, 3.63) is 59.8 Å². The first-order valence-corrected chi connectivity index (χ1v) is 12.5. The number of benzene rings is 2. The first-order valence-electron chi connectivity index (χ1n) is 12.5. The van der Waals surface area contributed by atoms with Crippen molar-refractivity contribution >= 4 is 22.6 Å². The molecule has 0 N–H and O–H groups in total. The second-order valence-electron chi connectivity index (χ2n) is 10.7. The van der Waals surface area contributed by atoms with E-state index in [2.05, 4.69) is 79.1 Å². The molecule has 2 heterocycles. The smallest absolute Gasteiger partial charge is 0.410 e. The maximum absolute atomic E-state index is 12.5. The molecule has 186 valence electrons. The van der Waals surface area contributed by atoms with Gasteiger partial charge in [-0.15, -0.1) is 0 Å². The van der Waals surface area contributed by atoms with Gasteiger partial charge in [0.1, 0.15) is 5.60 Å². The molecule has 0 spiro atoms. The highest BCUT2D eigenvalue weighted by Crippen LogP contribution is 2.33. The van der Waals surface area contributed by atoms with E-state index in [0.717, 1.165) is 31.4 Å². The third kappa shape index (κ3) is 5.93. The summed E-state index contributed by atoms with van der Waals surface area (Å²) in [5.41, 5.74) is 6.64. The lowest BCUT2D eigenvalue weighted by atomic mass is 9.97. The Labute approximate surface area is 209 Å². The Morgan fingerprint density at radius 2 is 1.91 bits per heavy atom. The maximum Gasteiger partial charge on any atom is 0.410 e. The zero-order valence-corrected chi connectivity index (χ0v) is 22.0. The van der Waals surface area contributed by atoms with Gasteiger partial charge in [-0.3, -0.25) is 4.68 Å². The van der Waals surface area contributed by atoms with Gasteiger partial charge >= 0.3 is 6.09 Å². The summed E-state index contributed by atoms with van der Waals surface area (Å²) in [5.74, 6) is 0. The summed E-state index contributed by atoms with van der Waals surface area (Å²) in [7, 11) is 4.20. The minimum atomic E-state index is -0.489. The van der Waals surface area contributed by atoms with Crippen molar-refractivity contribution in [2.24, 2.45) is 0 Å². The topological polar surface area (TPSA) is 50.6 Å². The SMILES string of the molecule is Cc1ccccc1-c1ccc2c(C3=CCN(C(=O)OC(C)(C)C)CC3)n(CCCN(C)C)nc2c1. The average Bonchev–Trinajstić information content (AvgIpc) is 3.15. The van der Waals surface area contributed by atoms with Crippen LogP contribution in [0.15, 0.2) is 48.5 Å². The fourth-order valence-corrected chi connectivity index (χ4v) is 4.61. The summed E-state index contributed by atoms with van der Waals surface area (Å²) in [6.45, 7) is 10.9. The summed E-state index contributed by atoms with van der Waals surface area (Å²) in [6.07, 6.45) is 3.73. The van der Waals surface area contributed by atoms with Crippen LogP contribution in [0.3, 0.4) is 0 Å². The number of aryl methyl sites for hydroxylation is 2. The van der Waals surface area contributed by atoms with Crippen LogP contribution in [0.25, 0.3) is 27.6 Å². The number of ether oxygens (including phenoxy) is 1. The monoisotopic (exact) mass is 474 g/mol. The molecule has 0 aliphatic carbocycles. The van der Waals surface area contributed by atoms with Crippen LogP contribution in [0.4, 0.5) is 4.79 Å². The van der Waals surface area contributed by atoms with E-state index in [0.29, 0.717) is 13.1 Å². The van der Waals surface area contributed by atoms with Crippen molar-refractivity contribution in [1.82, 2.24) is 19.6 Å². The lowest BCUT2D eigenvalue weighted by molar-refractivity contribution is 0.0270.